The van der Waals surface area contributed by atoms with Crippen molar-refractivity contribution >= 4 is 5.78 Å². The number of hydrogen-bond donors (Lipinski definition) is 0. The van der Waals surface area contributed by atoms with Crippen LogP contribution in [0.1, 0.15) is 20.8 Å². The number of carbonyl (C=O) groups excluding carboxylic acids is 1. The van der Waals surface area contributed by atoms with Crippen LogP contribution in [-0.4, -0.2) is 17.5 Å². The first-order valence-corrected chi connectivity index (χ1v) is 4.45. The van der Waals surface area contributed by atoms with Crippen LogP contribution in [0.15, 0.2) is 12.2 Å². The molecular weight excluding hydrogens is 152 g/mol. The van der Waals surface area contributed by atoms with Crippen LogP contribution in [-0.2, 0) is 9.53 Å². The minimum atomic E-state index is -0.325. The molecule has 0 aromatic rings. The van der Waals surface area contributed by atoms with Crippen LogP contribution in [0.2, 0.25) is 0 Å². The van der Waals surface area contributed by atoms with Gasteiger partial charge in [0.1, 0.15) is 5.78 Å². The van der Waals surface area contributed by atoms with E-state index in [0.717, 1.165) is 0 Å². The van der Waals surface area contributed by atoms with Crippen molar-refractivity contribution in [3.05, 3.63) is 12.2 Å². The van der Waals surface area contributed by atoms with Crippen molar-refractivity contribution in [3.63, 3.8) is 0 Å². The highest BCUT2D eigenvalue weighted by atomic mass is 16.5. The molecular formula is C10H14O2. The first-order valence-electron chi connectivity index (χ1n) is 4.45. The van der Waals surface area contributed by atoms with Gasteiger partial charge in [0.05, 0.1) is 11.7 Å². The quantitative estimate of drug-likeness (QED) is 0.510. The van der Waals surface area contributed by atoms with Gasteiger partial charge in [-0.15, -0.1) is 0 Å². The summed E-state index contributed by atoms with van der Waals surface area (Å²) in [5, 5.41) is 0. The van der Waals surface area contributed by atoms with Gasteiger partial charge in [-0.1, -0.05) is 26.0 Å². The maximum atomic E-state index is 11.7. The second kappa shape index (κ2) is 2.19. The average Bonchev–Trinajstić information content (AvgIpc) is 2.41. The lowest BCUT2D eigenvalue weighted by atomic mass is 9.81. The van der Waals surface area contributed by atoms with Crippen molar-refractivity contribution in [2.45, 2.75) is 32.5 Å². The zero-order valence-electron chi connectivity index (χ0n) is 7.70. The summed E-state index contributed by atoms with van der Waals surface area (Å²) in [5.41, 5.74) is -0.325. The Labute approximate surface area is 72.6 Å². The molecule has 66 valence electrons. The van der Waals surface area contributed by atoms with Crippen LogP contribution < -0.4 is 0 Å². The normalized spacial score (nSPS) is 51.6. The van der Waals surface area contributed by atoms with Crippen LogP contribution in [0.3, 0.4) is 0 Å². The molecule has 1 fully saturated rings. The Hall–Kier alpha value is -0.630. The molecule has 2 aliphatic rings. The lowest BCUT2D eigenvalue weighted by Gasteiger charge is -2.38. The highest BCUT2D eigenvalue weighted by molar-refractivity contribution is 5.86. The minimum absolute atomic E-state index is 0.00231. The van der Waals surface area contributed by atoms with Crippen molar-refractivity contribution in [1.82, 2.24) is 0 Å². The van der Waals surface area contributed by atoms with Crippen molar-refractivity contribution in [1.29, 1.82) is 0 Å². The molecule has 2 heteroatoms. The SMILES string of the molecule is C[C@@H]1C(=O)[C@H](C)[C@@H]2C=C[C@@]1(C)O2. The van der Waals surface area contributed by atoms with E-state index in [1.807, 2.05) is 32.9 Å². The third-order valence-corrected chi connectivity index (χ3v) is 3.24. The van der Waals surface area contributed by atoms with E-state index in [0.29, 0.717) is 5.78 Å². The smallest absolute Gasteiger partial charge is 0.144 e. The molecule has 1 saturated heterocycles. The number of ether oxygens (including phenoxy) is 1. The largest absolute Gasteiger partial charge is 0.362 e. The van der Waals surface area contributed by atoms with Gasteiger partial charge in [0.2, 0.25) is 0 Å². The highest BCUT2D eigenvalue weighted by Crippen LogP contribution is 2.40. The lowest BCUT2D eigenvalue weighted by molar-refractivity contribution is -0.155. The predicted octanol–water partition coefficient (Wildman–Crippen LogP) is 1.55. The second-order valence-electron chi connectivity index (χ2n) is 4.04. The van der Waals surface area contributed by atoms with Gasteiger partial charge in [0, 0.05) is 11.8 Å². The summed E-state index contributed by atoms with van der Waals surface area (Å²) in [6, 6.07) is 0. The number of fused-ring (bicyclic) bond motifs is 2. The molecule has 0 N–H and O–H groups in total. The number of Topliss-reactive ketones (excluding diaryl/α,β-unsaturated/α-hetero) is 1. The van der Waals surface area contributed by atoms with Gasteiger partial charge >= 0.3 is 0 Å². The molecule has 2 heterocycles. The van der Waals surface area contributed by atoms with Crippen molar-refractivity contribution in [2.75, 3.05) is 0 Å². The van der Waals surface area contributed by atoms with Crippen LogP contribution in [0, 0.1) is 11.8 Å². The fourth-order valence-corrected chi connectivity index (χ4v) is 2.01. The molecule has 0 aromatic carbocycles. The molecule has 4 atom stereocenters. The molecule has 0 amide bonds. The summed E-state index contributed by atoms with van der Waals surface area (Å²) in [6.45, 7) is 5.88. The summed E-state index contributed by atoms with van der Waals surface area (Å²) in [7, 11) is 0. The van der Waals surface area contributed by atoms with E-state index < -0.39 is 0 Å². The average molecular weight is 166 g/mol. The fraction of sp³-hybridized carbons (Fsp3) is 0.700. The Kier molecular flexibility index (Phi) is 1.46. The molecule has 0 aromatic heterocycles. The number of carbonyl (C=O) groups is 1. The number of hydrogen-bond acceptors (Lipinski definition) is 2. The summed E-state index contributed by atoms with van der Waals surface area (Å²) in [6.07, 6.45) is 4.08. The first kappa shape index (κ1) is 7.99. The van der Waals surface area contributed by atoms with Gasteiger partial charge in [-0.05, 0) is 6.92 Å². The van der Waals surface area contributed by atoms with Gasteiger partial charge in [0.25, 0.3) is 0 Å². The highest BCUT2D eigenvalue weighted by Gasteiger charge is 2.48. The van der Waals surface area contributed by atoms with Crippen LogP contribution in [0.4, 0.5) is 0 Å². The molecule has 0 saturated carbocycles. The van der Waals surface area contributed by atoms with E-state index in [2.05, 4.69) is 0 Å². The third kappa shape index (κ3) is 0.816. The van der Waals surface area contributed by atoms with E-state index in [4.69, 9.17) is 4.74 Å². The van der Waals surface area contributed by atoms with Gasteiger partial charge in [0.15, 0.2) is 0 Å². The zero-order chi connectivity index (χ0) is 8.93. The molecule has 2 aliphatic heterocycles. The molecule has 0 radical (unpaired) electrons. The molecule has 0 unspecified atom stereocenters. The molecule has 2 bridgehead atoms. The molecule has 0 aliphatic carbocycles. The van der Waals surface area contributed by atoms with Crippen molar-refractivity contribution < 1.29 is 9.53 Å². The summed E-state index contributed by atoms with van der Waals surface area (Å²) in [4.78, 5) is 11.7. The van der Waals surface area contributed by atoms with E-state index in [-0.39, 0.29) is 23.5 Å². The maximum Gasteiger partial charge on any atom is 0.144 e. The van der Waals surface area contributed by atoms with Gasteiger partial charge < -0.3 is 4.74 Å². The molecule has 0 spiro atoms. The molecule has 2 rings (SSSR count). The van der Waals surface area contributed by atoms with E-state index >= 15 is 0 Å². The predicted molar refractivity (Wildman–Crippen MR) is 45.8 cm³/mol. The Bertz CT molecular complexity index is 257. The van der Waals surface area contributed by atoms with Crippen LogP contribution in [0.5, 0.6) is 0 Å². The Morgan fingerprint density at radius 1 is 1.50 bits per heavy atom. The lowest BCUT2D eigenvalue weighted by Crippen LogP contribution is -2.48. The first-order chi connectivity index (χ1) is 5.54. The molecule has 2 nitrogen and oxygen atoms in total. The van der Waals surface area contributed by atoms with E-state index in [1.165, 1.54) is 0 Å². The summed E-state index contributed by atoms with van der Waals surface area (Å²) >= 11 is 0. The van der Waals surface area contributed by atoms with Gasteiger partial charge in [-0.3, -0.25) is 4.79 Å². The maximum absolute atomic E-state index is 11.7. The van der Waals surface area contributed by atoms with Gasteiger partial charge in [-0.25, -0.2) is 0 Å². The number of rotatable bonds is 0. The van der Waals surface area contributed by atoms with E-state index in [9.17, 15) is 4.79 Å². The fourth-order valence-electron chi connectivity index (χ4n) is 2.01. The third-order valence-electron chi connectivity index (χ3n) is 3.24. The van der Waals surface area contributed by atoms with Crippen LogP contribution in [0.25, 0.3) is 0 Å². The topological polar surface area (TPSA) is 26.3 Å². The summed E-state index contributed by atoms with van der Waals surface area (Å²) < 4.78 is 5.75. The van der Waals surface area contributed by atoms with Crippen molar-refractivity contribution in [3.8, 4) is 0 Å². The number of ketones is 1. The Balaban J connectivity index is 2.38. The Morgan fingerprint density at radius 3 is 2.83 bits per heavy atom. The monoisotopic (exact) mass is 166 g/mol. The van der Waals surface area contributed by atoms with Crippen LogP contribution >= 0.6 is 0 Å². The van der Waals surface area contributed by atoms with Gasteiger partial charge in [-0.2, -0.15) is 0 Å². The zero-order valence-corrected chi connectivity index (χ0v) is 7.70. The summed E-state index contributed by atoms with van der Waals surface area (Å²) in [5.74, 6) is 0.369. The minimum Gasteiger partial charge on any atom is -0.362 e. The Morgan fingerprint density at radius 2 is 2.17 bits per heavy atom. The molecule has 12 heavy (non-hydrogen) atoms. The van der Waals surface area contributed by atoms with Crippen molar-refractivity contribution in [2.24, 2.45) is 11.8 Å². The standard InChI is InChI=1S/C10H14O2/c1-6-8-4-5-10(3,12-8)7(2)9(6)11/h4-8H,1-3H3/t6-,7-,8+,10-/m1/s1. The second-order valence-corrected chi connectivity index (χ2v) is 4.04. The van der Waals surface area contributed by atoms with E-state index in [1.54, 1.807) is 0 Å².